The van der Waals surface area contributed by atoms with Gasteiger partial charge < -0.3 is 11.1 Å². The van der Waals surface area contributed by atoms with E-state index in [1.165, 1.54) is 24.2 Å². The Balaban J connectivity index is 0.00000156. The third-order valence-corrected chi connectivity index (χ3v) is 5.08. The Morgan fingerprint density at radius 1 is 1.12 bits per heavy atom. The number of nitrogens with one attached hydrogen (secondary N) is 1. The molecule has 2 aromatic heterocycles. The van der Waals surface area contributed by atoms with Crippen LogP contribution in [0.5, 0.6) is 0 Å². The topological polar surface area (TPSA) is 80.9 Å². The van der Waals surface area contributed by atoms with Gasteiger partial charge in [0, 0.05) is 17.6 Å². The summed E-state index contributed by atoms with van der Waals surface area (Å²) in [6.07, 6.45) is 8.13. The molecule has 138 valence electrons. The summed E-state index contributed by atoms with van der Waals surface area (Å²) < 4.78 is 0. The molecule has 2 atom stereocenters. The van der Waals surface area contributed by atoms with Crippen molar-refractivity contribution in [2.24, 2.45) is 11.7 Å². The summed E-state index contributed by atoms with van der Waals surface area (Å²) in [6.45, 7) is 0. The molecule has 2 heterocycles. The van der Waals surface area contributed by atoms with Gasteiger partial charge in [-0.15, -0.1) is 36.2 Å². The van der Waals surface area contributed by atoms with Gasteiger partial charge in [0.1, 0.15) is 5.69 Å². The highest BCUT2D eigenvalue weighted by Crippen LogP contribution is 2.26. The maximum atomic E-state index is 12.5. The van der Waals surface area contributed by atoms with Crippen molar-refractivity contribution in [3.05, 3.63) is 29.8 Å². The lowest BCUT2D eigenvalue weighted by Gasteiger charge is -2.24. The number of nitrogens with two attached hydrogens (primary N) is 1. The van der Waals surface area contributed by atoms with Gasteiger partial charge in [-0.05, 0) is 25.0 Å². The number of carbonyl (C=O) groups excluding carboxylic acids is 1. The first-order valence-corrected chi connectivity index (χ1v) is 9.05. The van der Waals surface area contributed by atoms with Crippen molar-refractivity contribution in [3.8, 4) is 11.4 Å². The van der Waals surface area contributed by atoms with Crippen LogP contribution >= 0.6 is 36.2 Å². The molecule has 0 aromatic carbocycles. The van der Waals surface area contributed by atoms with E-state index in [2.05, 4.69) is 15.3 Å². The predicted molar refractivity (Wildman–Crippen MR) is 108 cm³/mol. The number of hydrogen-bond acceptors (Lipinski definition) is 5. The van der Waals surface area contributed by atoms with E-state index in [1.807, 2.05) is 23.6 Å². The lowest BCUT2D eigenvalue weighted by molar-refractivity contribution is -0.120. The number of carbonyl (C=O) groups is 1. The number of anilines is 1. The van der Waals surface area contributed by atoms with Crippen molar-refractivity contribution in [2.75, 3.05) is 5.32 Å². The van der Waals surface area contributed by atoms with E-state index in [0.717, 1.165) is 37.1 Å². The fraction of sp³-hybridized carbons (Fsp3) is 0.471. The smallest absolute Gasteiger partial charge is 0.230 e. The van der Waals surface area contributed by atoms with Crippen molar-refractivity contribution in [1.29, 1.82) is 0 Å². The zero-order chi connectivity index (χ0) is 16.1. The number of amides is 1. The average molecular weight is 403 g/mol. The Hall–Kier alpha value is -1.21. The lowest BCUT2D eigenvalue weighted by Crippen LogP contribution is -2.39. The molecule has 25 heavy (non-hydrogen) atoms. The van der Waals surface area contributed by atoms with E-state index < -0.39 is 0 Å². The van der Waals surface area contributed by atoms with Crippen LogP contribution in [0.3, 0.4) is 0 Å². The van der Waals surface area contributed by atoms with Gasteiger partial charge in [0.2, 0.25) is 5.91 Å². The summed E-state index contributed by atoms with van der Waals surface area (Å²) in [5, 5.41) is 5.47. The first kappa shape index (κ1) is 21.8. The van der Waals surface area contributed by atoms with Crippen molar-refractivity contribution in [1.82, 2.24) is 9.97 Å². The molecule has 1 amide bonds. The molecule has 5 nitrogen and oxygen atoms in total. The molecular weight excluding hydrogens is 379 g/mol. The Kier molecular flexibility index (Phi) is 9.35. The van der Waals surface area contributed by atoms with E-state index in [4.69, 9.17) is 5.73 Å². The zero-order valence-corrected chi connectivity index (χ0v) is 16.3. The van der Waals surface area contributed by atoms with Gasteiger partial charge in [-0.2, -0.15) is 0 Å². The molecule has 3 rings (SSSR count). The number of aromatic nitrogens is 2. The number of pyridine rings is 1. The predicted octanol–water partition coefficient (Wildman–Crippen LogP) is 4.28. The summed E-state index contributed by atoms with van der Waals surface area (Å²) >= 11 is 1.42. The second-order valence-electron chi connectivity index (χ2n) is 6.00. The van der Waals surface area contributed by atoms with Crippen LogP contribution in [0.25, 0.3) is 11.4 Å². The van der Waals surface area contributed by atoms with Crippen molar-refractivity contribution >= 4 is 47.2 Å². The van der Waals surface area contributed by atoms with Gasteiger partial charge in [0.15, 0.2) is 5.13 Å². The van der Waals surface area contributed by atoms with E-state index in [-0.39, 0.29) is 42.7 Å². The zero-order valence-electron chi connectivity index (χ0n) is 13.9. The second-order valence-corrected chi connectivity index (χ2v) is 6.86. The van der Waals surface area contributed by atoms with Crippen LogP contribution in [0.1, 0.15) is 38.5 Å². The monoisotopic (exact) mass is 402 g/mol. The first-order valence-electron chi connectivity index (χ1n) is 8.17. The van der Waals surface area contributed by atoms with Crippen molar-refractivity contribution in [3.63, 3.8) is 0 Å². The van der Waals surface area contributed by atoms with Crippen LogP contribution in [0.2, 0.25) is 0 Å². The van der Waals surface area contributed by atoms with E-state index in [9.17, 15) is 4.79 Å². The lowest BCUT2D eigenvalue weighted by atomic mass is 9.87. The van der Waals surface area contributed by atoms with Crippen LogP contribution in [0.4, 0.5) is 5.13 Å². The van der Waals surface area contributed by atoms with Crippen LogP contribution in [0.15, 0.2) is 29.8 Å². The van der Waals surface area contributed by atoms with Gasteiger partial charge in [0.25, 0.3) is 0 Å². The molecule has 2 aromatic rings. The minimum atomic E-state index is -0.113. The summed E-state index contributed by atoms with van der Waals surface area (Å²) in [4.78, 5) is 21.3. The molecule has 1 fully saturated rings. The maximum Gasteiger partial charge on any atom is 0.230 e. The average Bonchev–Trinajstić information content (AvgIpc) is 3.00. The summed E-state index contributed by atoms with van der Waals surface area (Å²) in [6, 6.07) is 5.65. The SMILES string of the molecule is Cl.Cl.NC1CCCCCCC1C(=O)Nc1nc(-c2ccccn2)cs1. The summed E-state index contributed by atoms with van der Waals surface area (Å²) in [5.41, 5.74) is 7.81. The number of halogens is 2. The van der Waals surface area contributed by atoms with E-state index in [0.29, 0.717) is 5.13 Å². The van der Waals surface area contributed by atoms with Crippen molar-refractivity contribution < 1.29 is 4.79 Å². The molecule has 0 aliphatic heterocycles. The maximum absolute atomic E-state index is 12.5. The quantitative estimate of drug-likeness (QED) is 0.801. The van der Waals surface area contributed by atoms with E-state index >= 15 is 0 Å². The molecule has 0 bridgehead atoms. The molecule has 1 saturated carbocycles. The highest BCUT2D eigenvalue weighted by molar-refractivity contribution is 7.14. The number of rotatable bonds is 3. The second kappa shape index (κ2) is 10.7. The summed E-state index contributed by atoms with van der Waals surface area (Å²) in [5.74, 6) is -0.112. The van der Waals surface area contributed by atoms with Gasteiger partial charge in [-0.1, -0.05) is 31.7 Å². The fourth-order valence-electron chi connectivity index (χ4n) is 3.00. The largest absolute Gasteiger partial charge is 0.327 e. The Bertz CT molecular complexity index is 653. The molecule has 8 heteroatoms. The van der Waals surface area contributed by atoms with Crippen LogP contribution in [0, 0.1) is 5.92 Å². The molecule has 1 aliphatic carbocycles. The third-order valence-electron chi connectivity index (χ3n) is 4.32. The molecular formula is C17H24Cl2N4OS. The fourth-order valence-corrected chi connectivity index (χ4v) is 3.71. The molecule has 0 saturated heterocycles. The first-order chi connectivity index (χ1) is 11.2. The standard InChI is InChI=1S/C17H22N4OS.2ClH/c18-13-8-4-2-1-3-7-12(13)16(22)21-17-20-15(11-23-17)14-9-5-6-10-19-14;;/h5-6,9-13H,1-4,7-8,18H2,(H,20,21,22);2*1H. The van der Waals surface area contributed by atoms with Gasteiger partial charge in [-0.3, -0.25) is 9.78 Å². The third kappa shape index (κ3) is 5.92. The van der Waals surface area contributed by atoms with Crippen LogP contribution < -0.4 is 11.1 Å². The molecule has 3 N–H and O–H groups in total. The van der Waals surface area contributed by atoms with Crippen LogP contribution in [-0.4, -0.2) is 21.9 Å². The van der Waals surface area contributed by atoms with Gasteiger partial charge in [0.05, 0.1) is 11.6 Å². The Morgan fingerprint density at radius 2 is 1.88 bits per heavy atom. The minimum absolute atomic E-state index is 0. The normalized spacial score (nSPS) is 20.4. The van der Waals surface area contributed by atoms with E-state index in [1.54, 1.807) is 6.20 Å². The molecule has 2 unspecified atom stereocenters. The minimum Gasteiger partial charge on any atom is -0.327 e. The van der Waals surface area contributed by atoms with Crippen LogP contribution in [-0.2, 0) is 4.79 Å². The Morgan fingerprint density at radius 3 is 2.60 bits per heavy atom. The number of nitrogens with zero attached hydrogens (tertiary/aromatic N) is 2. The Labute approximate surface area is 164 Å². The molecule has 1 aliphatic rings. The van der Waals surface area contributed by atoms with Gasteiger partial charge >= 0.3 is 0 Å². The highest BCUT2D eigenvalue weighted by Gasteiger charge is 2.26. The highest BCUT2D eigenvalue weighted by atomic mass is 35.5. The van der Waals surface area contributed by atoms with Crippen molar-refractivity contribution in [2.45, 2.75) is 44.6 Å². The van der Waals surface area contributed by atoms with Gasteiger partial charge in [-0.25, -0.2) is 4.98 Å². The molecule has 0 spiro atoms. The summed E-state index contributed by atoms with van der Waals surface area (Å²) in [7, 11) is 0. The molecule has 0 radical (unpaired) electrons. The number of thiazole rings is 1. The number of hydrogen-bond donors (Lipinski definition) is 2.